The van der Waals surface area contributed by atoms with E-state index >= 15 is 0 Å². The van der Waals surface area contributed by atoms with E-state index in [4.69, 9.17) is 0 Å². The van der Waals surface area contributed by atoms with Crippen LogP contribution in [-0.4, -0.2) is 29.9 Å². The van der Waals surface area contributed by atoms with Crippen LogP contribution in [-0.2, 0) is 4.79 Å². The lowest BCUT2D eigenvalue weighted by Gasteiger charge is -2.19. The fourth-order valence-corrected chi connectivity index (χ4v) is 2.55. The first-order chi connectivity index (χ1) is 11.9. The Bertz CT molecular complexity index is 797. The lowest BCUT2D eigenvalue weighted by atomic mass is 10.0. The smallest absolute Gasteiger partial charge is 0.261 e. The fourth-order valence-electron chi connectivity index (χ4n) is 2.55. The number of hydrogen-bond donors (Lipinski definition) is 3. The van der Waals surface area contributed by atoms with Crippen molar-refractivity contribution in [2.75, 3.05) is 7.05 Å². The molecule has 0 radical (unpaired) electrons. The molecule has 25 heavy (non-hydrogen) atoms. The Morgan fingerprint density at radius 2 is 1.76 bits per heavy atom. The molecule has 1 atom stereocenters. The van der Waals surface area contributed by atoms with Gasteiger partial charge in [0.1, 0.15) is 11.6 Å². The van der Waals surface area contributed by atoms with Crippen LogP contribution in [0.3, 0.4) is 0 Å². The Balaban J connectivity index is 2.21. The summed E-state index contributed by atoms with van der Waals surface area (Å²) >= 11 is 0. The van der Waals surface area contributed by atoms with E-state index < -0.39 is 17.5 Å². The molecular weight excluding hydrogens is 318 g/mol. The fraction of sp³-hybridized carbons (Fsp3) is 0.316. The SMILES string of the molecule is CNC(=O)C(CC(C)C)NC(=O)c1ccc(-c2ccccc2)[nH]c1=O. The van der Waals surface area contributed by atoms with E-state index in [-0.39, 0.29) is 17.4 Å². The van der Waals surface area contributed by atoms with Crippen LogP contribution in [0.15, 0.2) is 47.3 Å². The highest BCUT2D eigenvalue weighted by Crippen LogP contribution is 2.14. The zero-order valence-electron chi connectivity index (χ0n) is 14.6. The van der Waals surface area contributed by atoms with Crippen molar-refractivity contribution in [2.24, 2.45) is 5.92 Å². The minimum atomic E-state index is -0.675. The maximum Gasteiger partial charge on any atom is 0.261 e. The van der Waals surface area contributed by atoms with Gasteiger partial charge in [-0.15, -0.1) is 0 Å². The maximum atomic E-state index is 12.4. The Labute approximate surface area is 146 Å². The average molecular weight is 341 g/mol. The molecule has 0 aliphatic carbocycles. The first-order valence-electron chi connectivity index (χ1n) is 8.23. The van der Waals surface area contributed by atoms with Crippen molar-refractivity contribution in [1.29, 1.82) is 0 Å². The molecule has 0 aliphatic rings. The quantitative estimate of drug-likeness (QED) is 0.750. The summed E-state index contributed by atoms with van der Waals surface area (Å²) in [5.41, 5.74) is 0.984. The van der Waals surface area contributed by atoms with Crippen LogP contribution in [0.25, 0.3) is 11.3 Å². The third-order valence-corrected chi connectivity index (χ3v) is 3.81. The normalized spacial score (nSPS) is 11.8. The predicted octanol–water partition coefficient (Wildman–Crippen LogP) is 1.93. The van der Waals surface area contributed by atoms with Crippen LogP contribution in [0.5, 0.6) is 0 Å². The molecule has 2 rings (SSSR count). The van der Waals surface area contributed by atoms with Gasteiger partial charge >= 0.3 is 0 Å². The zero-order valence-corrected chi connectivity index (χ0v) is 14.6. The van der Waals surface area contributed by atoms with Gasteiger partial charge in [-0.25, -0.2) is 0 Å². The first-order valence-corrected chi connectivity index (χ1v) is 8.23. The van der Waals surface area contributed by atoms with E-state index in [2.05, 4.69) is 15.6 Å². The molecule has 1 heterocycles. The molecule has 0 spiro atoms. The lowest BCUT2D eigenvalue weighted by molar-refractivity contribution is -0.122. The number of carbonyl (C=O) groups is 2. The number of amides is 2. The molecule has 1 aromatic heterocycles. The second kappa shape index (κ2) is 8.28. The van der Waals surface area contributed by atoms with Crippen molar-refractivity contribution in [3.8, 4) is 11.3 Å². The van der Waals surface area contributed by atoms with Crippen molar-refractivity contribution in [3.63, 3.8) is 0 Å². The number of carbonyl (C=O) groups excluding carboxylic acids is 2. The Morgan fingerprint density at radius 3 is 2.32 bits per heavy atom. The minimum absolute atomic E-state index is 0.0164. The molecule has 1 unspecified atom stereocenters. The number of aromatic amines is 1. The zero-order chi connectivity index (χ0) is 18.4. The van der Waals surface area contributed by atoms with Crippen molar-refractivity contribution in [1.82, 2.24) is 15.6 Å². The molecule has 6 heteroatoms. The van der Waals surface area contributed by atoms with E-state index in [9.17, 15) is 14.4 Å². The van der Waals surface area contributed by atoms with Gasteiger partial charge in [0.25, 0.3) is 11.5 Å². The van der Waals surface area contributed by atoms with Gasteiger partial charge in [-0.1, -0.05) is 44.2 Å². The largest absolute Gasteiger partial charge is 0.357 e. The van der Waals surface area contributed by atoms with Crippen molar-refractivity contribution in [2.45, 2.75) is 26.3 Å². The number of rotatable bonds is 6. The van der Waals surface area contributed by atoms with Gasteiger partial charge in [0.2, 0.25) is 5.91 Å². The molecule has 3 N–H and O–H groups in total. The summed E-state index contributed by atoms with van der Waals surface area (Å²) in [6.07, 6.45) is 0.491. The Morgan fingerprint density at radius 1 is 1.08 bits per heavy atom. The Hall–Kier alpha value is -2.89. The highest BCUT2D eigenvalue weighted by molar-refractivity contribution is 5.97. The summed E-state index contributed by atoms with van der Waals surface area (Å²) in [6.45, 7) is 3.92. The van der Waals surface area contributed by atoms with Gasteiger partial charge in [0, 0.05) is 12.7 Å². The highest BCUT2D eigenvalue weighted by Gasteiger charge is 2.22. The number of aromatic nitrogens is 1. The molecule has 0 saturated heterocycles. The number of pyridine rings is 1. The molecule has 0 fully saturated rings. The molecule has 1 aromatic carbocycles. The third kappa shape index (κ3) is 4.79. The van der Waals surface area contributed by atoms with Gasteiger partial charge in [-0.2, -0.15) is 0 Å². The second-order valence-corrected chi connectivity index (χ2v) is 6.25. The summed E-state index contributed by atoms with van der Waals surface area (Å²) in [5.74, 6) is -0.615. The summed E-state index contributed by atoms with van der Waals surface area (Å²) in [4.78, 5) is 39.3. The lowest BCUT2D eigenvalue weighted by Crippen LogP contribution is -2.47. The van der Waals surface area contributed by atoms with Crippen LogP contribution >= 0.6 is 0 Å². The summed E-state index contributed by atoms with van der Waals surface area (Å²) in [5, 5.41) is 5.18. The van der Waals surface area contributed by atoms with E-state index in [0.29, 0.717) is 12.1 Å². The van der Waals surface area contributed by atoms with Gasteiger partial charge < -0.3 is 15.6 Å². The standard InChI is InChI=1S/C19H23N3O3/c1-12(2)11-16(19(25)20-3)22-18(24)14-9-10-15(21-17(14)23)13-7-5-4-6-8-13/h4-10,12,16H,11H2,1-3H3,(H,20,25)(H,21,23)(H,22,24). The van der Waals surface area contributed by atoms with Crippen molar-refractivity contribution < 1.29 is 9.59 Å². The highest BCUT2D eigenvalue weighted by atomic mass is 16.2. The summed E-state index contributed by atoms with van der Waals surface area (Å²) in [6, 6.07) is 11.9. The summed E-state index contributed by atoms with van der Waals surface area (Å²) < 4.78 is 0. The van der Waals surface area contributed by atoms with Crippen LogP contribution in [0.1, 0.15) is 30.6 Å². The van der Waals surface area contributed by atoms with Gasteiger partial charge in [-0.3, -0.25) is 14.4 Å². The van der Waals surface area contributed by atoms with E-state index in [0.717, 1.165) is 5.56 Å². The van der Waals surface area contributed by atoms with Crippen molar-refractivity contribution >= 4 is 11.8 Å². The molecule has 2 aromatic rings. The molecule has 132 valence electrons. The van der Waals surface area contributed by atoms with Crippen LogP contribution in [0, 0.1) is 5.92 Å². The maximum absolute atomic E-state index is 12.4. The van der Waals surface area contributed by atoms with E-state index in [1.54, 1.807) is 6.07 Å². The Kier molecular flexibility index (Phi) is 6.11. The van der Waals surface area contributed by atoms with E-state index in [1.807, 2.05) is 44.2 Å². The molecule has 6 nitrogen and oxygen atoms in total. The number of H-pyrrole nitrogens is 1. The minimum Gasteiger partial charge on any atom is -0.357 e. The van der Waals surface area contributed by atoms with Crippen LogP contribution < -0.4 is 16.2 Å². The average Bonchev–Trinajstić information content (AvgIpc) is 2.60. The molecule has 0 saturated carbocycles. The van der Waals surface area contributed by atoms with Gasteiger partial charge in [0.05, 0.1) is 0 Å². The van der Waals surface area contributed by atoms with Crippen LogP contribution in [0.4, 0.5) is 0 Å². The van der Waals surface area contributed by atoms with E-state index in [1.165, 1.54) is 13.1 Å². The van der Waals surface area contributed by atoms with Crippen molar-refractivity contribution in [3.05, 3.63) is 58.4 Å². The van der Waals surface area contributed by atoms with Gasteiger partial charge in [0.15, 0.2) is 0 Å². The molecular formula is C19H23N3O3. The number of likely N-dealkylation sites (N-methyl/N-ethyl adjacent to an activating group) is 1. The van der Waals surface area contributed by atoms with Crippen LogP contribution in [0.2, 0.25) is 0 Å². The number of nitrogens with one attached hydrogen (secondary N) is 3. The van der Waals surface area contributed by atoms with Gasteiger partial charge in [-0.05, 0) is 30.0 Å². The molecule has 0 bridgehead atoms. The summed E-state index contributed by atoms with van der Waals surface area (Å²) in [7, 11) is 1.52. The number of benzene rings is 1. The monoisotopic (exact) mass is 341 g/mol. The molecule has 2 amide bonds. The topological polar surface area (TPSA) is 91.1 Å². The molecule has 0 aliphatic heterocycles. The first kappa shape index (κ1) is 18.4. The third-order valence-electron chi connectivity index (χ3n) is 3.81. The predicted molar refractivity (Wildman–Crippen MR) is 97.3 cm³/mol. The second-order valence-electron chi connectivity index (χ2n) is 6.25. The number of hydrogen-bond acceptors (Lipinski definition) is 3.